The van der Waals surface area contributed by atoms with Crippen LogP contribution < -0.4 is 0 Å². The minimum atomic E-state index is -3.04. The summed E-state index contributed by atoms with van der Waals surface area (Å²) < 4.78 is 26.6. The average Bonchev–Trinajstić information content (AvgIpc) is 2.30. The third-order valence-corrected chi connectivity index (χ3v) is 3.20. The van der Waals surface area contributed by atoms with Crippen LogP contribution in [0.15, 0.2) is 11.5 Å². The second-order valence-corrected chi connectivity index (χ2v) is 4.86. The Balaban J connectivity index is 2.42. The quantitative estimate of drug-likeness (QED) is 0.628. The van der Waals surface area contributed by atoms with Crippen LogP contribution in [0, 0.1) is 5.92 Å². The van der Waals surface area contributed by atoms with Crippen LogP contribution in [0.2, 0.25) is 0 Å². The molecule has 0 unspecified atom stereocenters. The van der Waals surface area contributed by atoms with Gasteiger partial charge in [0.2, 0.25) is 0 Å². The summed E-state index contributed by atoms with van der Waals surface area (Å²) in [6.45, 7) is 2.06. The van der Waals surface area contributed by atoms with Crippen LogP contribution in [-0.2, 0) is 19.4 Å². The first-order valence-corrected chi connectivity index (χ1v) is 5.81. The zero-order chi connectivity index (χ0) is 9.90. The molecule has 4 nitrogen and oxygen atoms in total. The van der Waals surface area contributed by atoms with Gasteiger partial charge in [-0.25, -0.2) is 8.42 Å². The summed E-state index contributed by atoms with van der Waals surface area (Å²) >= 11 is 0. The third-order valence-electron chi connectivity index (χ3n) is 1.74. The number of sulfone groups is 1. The number of rotatable bonds is 3. The number of ether oxygens (including phenoxy) is 1. The molecule has 0 saturated carbocycles. The van der Waals surface area contributed by atoms with E-state index in [1.54, 1.807) is 13.0 Å². The summed E-state index contributed by atoms with van der Waals surface area (Å²) in [7, 11) is -3.04. The van der Waals surface area contributed by atoms with E-state index in [0.29, 0.717) is 6.61 Å². The Kier molecular flexibility index (Phi) is 3.08. The molecule has 1 aliphatic rings. The molecule has 0 saturated heterocycles. The van der Waals surface area contributed by atoms with Crippen LogP contribution in [-0.4, -0.2) is 26.7 Å². The van der Waals surface area contributed by atoms with Crippen LogP contribution in [0.4, 0.5) is 0 Å². The van der Waals surface area contributed by atoms with Crippen LogP contribution in [0.1, 0.15) is 13.3 Å². The van der Waals surface area contributed by atoms with Crippen LogP contribution in [0.3, 0.4) is 0 Å². The minimum absolute atomic E-state index is 0.0335. The van der Waals surface area contributed by atoms with E-state index in [9.17, 15) is 13.2 Å². The van der Waals surface area contributed by atoms with Gasteiger partial charge < -0.3 is 4.74 Å². The lowest BCUT2D eigenvalue weighted by molar-refractivity contribution is -0.143. The summed E-state index contributed by atoms with van der Waals surface area (Å²) in [4.78, 5) is 11.0. The van der Waals surface area contributed by atoms with Gasteiger partial charge in [0.05, 0.1) is 18.8 Å². The Hall–Kier alpha value is -0.840. The van der Waals surface area contributed by atoms with Gasteiger partial charge in [-0.1, -0.05) is 6.08 Å². The fourth-order valence-corrected chi connectivity index (χ4v) is 2.60. The van der Waals surface area contributed by atoms with Crippen molar-refractivity contribution in [3.63, 3.8) is 0 Å². The second-order valence-electron chi connectivity index (χ2n) is 2.93. The van der Waals surface area contributed by atoms with Gasteiger partial charge in [-0.3, -0.25) is 4.79 Å². The standard InChI is InChI=1S/C8H12O4S/c1-2-12-8(9)5-7-3-4-13(10,11)6-7/h3-4,7H,2,5-6H2,1H3/t7-/m1/s1. The SMILES string of the molecule is CCOC(=O)C[C@H]1C=CS(=O)(=O)C1. The summed E-state index contributed by atoms with van der Waals surface area (Å²) in [5.41, 5.74) is 0. The van der Waals surface area contributed by atoms with Gasteiger partial charge in [0.25, 0.3) is 0 Å². The Morgan fingerprint density at radius 2 is 2.31 bits per heavy atom. The van der Waals surface area contributed by atoms with Crippen molar-refractivity contribution < 1.29 is 17.9 Å². The molecule has 0 N–H and O–H groups in total. The molecule has 1 aliphatic heterocycles. The van der Waals surface area contributed by atoms with Gasteiger partial charge in [0, 0.05) is 11.3 Å². The van der Waals surface area contributed by atoms with E-state index in [2.05, 4.69) is 0 Å². The topological polar surface area (TPSA) is 60.4 Å². The van der Waals surface area contributed by atoms with Crippen molar-refractivity contribution in [2.24, 2.45) is 5.92 Å². The number of esters is 1. The van der Waals surface area contributed by atoms with Gasteiger partial charge in [-0.2, -0.15) is 0 Å². The number of carbonyl (C=O) groups excluding carboxylic acids is 1. The maximum absolute atomic E-state index is 11.0. The Labute approximate surface area is 77.5 Å². The van der Waals surface area contributed by atoms with E-state index >= 15 is 0 Å². The van der Waals surface area contributed by atoms with Crippen LogP contribution in [0.25, 0.3) is 0 Å². The maximum Gasteiger partial charge on any atom is 0.306 e. The summed E-state index contributed by atoms with van der Waals surface area (Å²) in [6, 6.07) is 0. The van der Waals surface area contributed by atoms with E-state index in [1.165, 1.54) is 0 Å². The first kappa shape index (κ1) is 10.2. The Bertz CT molecular complexity index is 315. The lowest BCUT2D eigenvalue weighted by atomic mass is 10.1. The first-order valence-electron chi connectivity index (χ1n) is 4.10. The molecule has 0 aromatic heterocycles. The highest BCUT2D eigenvalue weighted by Crippen LogP contribution is 2.18. The van der Waals surface area contributed by atoms with Gasteiger partial charge in [-0.05, 0) is 6.92 Å². The molecule has 0 aromatic rings. The van der Waals surface area contributed by atoms with E-state index in [-0.39, 0.29) is 24.1 Å². The molecule has 1 rings (SSSR count). The lowest BCUT2D eigenvalue weighted by Crippen LogP contribution is -2.13. The summed E-state index contributed by atoms with van der Waals surface area (Å²) in [6.07, 6.45) is 1.70. The van der Waals surface area contributed by atoms with Crippen molar-refractivity contribution in [1.29, 1.82) is 0 Å². The van der Waals surface area contributed by atoms with Gasteiger partial charge in [0.1, 0.15) is 0 Å². The molecule has 74 valence electrons. The average molecular weight is 204 g/mol. The zero-order valence-corrected chi connectivity index (χ0v) is 8.21. The molecule has 0 fully saturated rings. The molecular weight excluding hydrogens is 192 g/mol. The molecule has 0 aromatic carbocycles. The van der Waals surface area contributed by atoms with E-state index in [0.717, 1.165) is 5.41 Å². The van der Waals surface area contributed by atoms with Crippen molar-refractivity contribution in [2.45, 2.75) is 13.3 Å². The molecule has 0 spiro atoms. The third kappa shape index (κ3) is 3.18. The highest BCUT2D eigenvalue weighted by Gasteiger charge is 2.24. The number of hydrogen-bond acceptors (Lipinski definition) is 4. The predicted octanol–water partition coefficient (Wildman–Crippen LogP) is 0.498. The van der Waals surface area contributed by atoms with E-state index in [4.69, 9.17) is 4.74 Å². The van der Waals surface area contributed by atoms with Crippen LogP contribution >= 0.6 is 0 Å². The molecule has 0 amide bonds. The minimum Gasteiger partial charge on any atom is -0.466 e. The van der Waals surface area contributed by atoms with Gasteiger partial charge in [0.15, 0.2) is 9.84 Å². The second kappa shape index (κ2) is 3.91. The fraction of sp³-hybridized carbons (Fsp3) is 0.625. The normalized spacial score (nSPS) is 24.5. The largest absolute Gasteiger partial charge is 0.466 e. The highest BCUT2D eigenvalue weighted by molar-refractivity contribution is 7.94. The van der Waals surface area contributed by atoms with Crippen LogP contribution in [0.5, 0.6) is 0 Å². The lowest BCUT2D eigenvalue weighted by Gasteiger charge is -2.04. The molecule has 0 aliphatic carbocycles. The van der Waals surface area contributed by atoms with Crippen molar-refractivity contribution >= 4 is 15.8 Å². The molecule has 1 atom stereocenters. The number of allylic oxidation sites excluding steroid dienone is 1. The summed E-state index contributed by atoms with van der Waals surface area (Å²) in [5.74, 6) is -0.510. The van der Waals surface area contributed by atoms with Crippen molar-refractivity contribution in [3.8, 4) is 0 Å². The predicted molar refractivity (Wildman–Crippen MR) is 47.7 cm³/mol. The smallest absolute Gasteiger partial charge is 0.306 e. The van der Waals surface area contributed by atoms with Gasteiger partial charge in [-0.15, -0.1) is 0 Å². The molecule has 1 heterocycles. The molecule has 0 bridgehead atoms. The highest BCUT2D eigenvalue weighted by atomic mass is 32.2. The number of carbonyl (C=O) groups is 1. The molecule has 0 radical (unpaired) electrons. The first-order chi connectivity index (χ1) is 6.03. The molecule has 13 heavy (non-hydrogen) atoms. The fourth-order valence-electron chi connectivity index (χ4n) is 1.20. The van der Waals surface area contributed by atoms with Crippen molar-refractivity contribution in [2.75, 3.05) is 12.4 Å². The Morgan fingerprint density at radius 1 is 1.62 bits per heavy atom. The van der Waals surface area contributed by atoms with E-state index in [1.807, 2.05) is 0 Å². The van der Waals surface area contributed by atoms with Gasteiger partial charge >= 0.3 is 5.97 Å². The zero-order valence-electron chi connectivity index (χ0n) is 7.39. The van der Waals surface area contributed by atoms with Crippen molar-refractivity contribution in [3.05, 3.63) is 11.5 Å². The summed E-state index contributed by atoms with van der Waals surface area (Å²) in [5, 5.41) is 1.16. The number of hydrogen-bond donors (Lipinski definition) is 0. The monoisotopic (exact) mass is 204 g/mol. The Morgan fingerprint density at radius 3 is 2.77 bits per heavy atom. The van der Waals surface area contributed by atoms with E-state index < -0.39 is 9.84 Å². The maximum atomic E-state index is 11.0. The van der Waals surface area contributed by atoms with Crippen molar-refractivity contribution in [1.82, 2.24) is 0 Å². The molecular formula is C8H12O4S. The molecule has 5 heteroatoms.